The molecular weight excluding hydrogens is 593 g/mol. The standard InChI is InChI=1S/C31H37ClFN5O4S/c1-20-17-34-19-31(38-20,43(40,41)24-11-12-24)15-14-25-26(33)4-3-5-27(25)37-28(16-21-6-8-22(32)9-7-21)30(39)36-23-10-13-29(42-2)35-18-23/h3-10,13,18,20,24,28,34,37-38H,11-12,14-17,19H2,1-2H3,(H,36,39)/t20-,28-,31-/m0/s1. The Bertz CT molecular complexity index is 1540. The third-order valence-electron chi connectivity index (χ3n) is 7.99. The summed E-state index contributed by atoms with van der Waals surface area (Å²) in [5.41, 5.74) is 2.08. The second-order valence-corrected chi connectivity index (χ2v) is 14.3. The van der Waals surface area contributed by atoms with Crippen LogP contribution in [0.25, 0.3) is 0 Å². The Labute approximate surface area is 256 Å². The summed E-state index contributed by atoms with van der Waals surface area (Å²) in [6, 6.07) is 14.3. The Morgan fingerprint density at radius 2 is 1.95 bits per heavy atom. The Hall–Kier alpha value is -3.25. The molecule has 3 atom stereocenters. The van der Waals surface area contributed by atoms with Gasteiger partial charge in [-0.05, 0) is 68.5 Å². The van der Waals surface area contributed by atoms with Crippen LogP contribution >= 0.6 is 11.6 Å². The number of methoxy groups -OCH3 is 1. The smallest absolute Gasteiger partial charge is 0.247 e. The lowest BCUT2D eigenvalue weighted by Crippen LogP contribution is -2.67. The van der Waals surface area contributed by atoms with Crippen LogP contribution < -0.4 is 26.0 Å². The molecule has 1 aliphatic carbocycles. The molecule has 0 unspecified atom stereocenters. The number of halogens is 2. The number of amides is 1. The number of ether oxygens (including phenoxy) is 1. The Morgan fingerprint density at radius 1 is 1.19 bits per heavy atom. The van der Waals surface area contributed by atoms with E-state index in [0.717, 1.165) is 5.56 Å². The molecule has 43 heavy (non-hydrogen) atoms. The molecule has 12 heteroatoms. The van der Waals surface area contributed by atoms with E-state index in [4.69, 9.17) is 16.3 Å². The van der Waals surface area contributed by atoms with Crippen LogP contribution in [-0.4, -0.2) is 61.7 Å². The van der Waals surface area contributed by atoms with Gasteiger partial charge in [0.15, 0.2) is 9.84 Å². The van der Waals surface area contributed by atoms with Crippen LogP contribution in [0.3, 0.4) is 0 Å². The second-order valence-electron chi connectivity index (χ2n) is 11.3. The maximum absolute atomic E-state index is 15.5. The number of nitrogens with one attached hydrogen (secondary N) is 4. The van der Waals surface area contributed by atoms with Crippen LogP contribution in [0.15, 0.2) is 60.8 Å². The molecule has 230 valence electrons. The first kappa shape index (κ1) is 31.2. The van der Waals surface area contributed by atoms with Crippen molar-refractivity contribution in [3.8, 4) is 5.88 Å². The van der Waals surface area contributed by atoms with Crippen molar-refractivity contribution in [3.05, 3.63) is 82.8 Å². The lowest BCUT2D eigenvalue weighted by Gasteiger charge is -2.41. The molecule has 5 rings (SSSR count). The summed E-state index contributed by atoms with van der Waals surface area (Å²) in [5, 5.41) is 13.0. The average molecular weight is 630 g/mol. The molecule has 3 aromatic rings. The van der Waals surface area contributed by atoms with Crippen molar-refractivity contribution in [2.24, 2.45) is 0 Å². The van der Waals surface area contributed by atoms with Crippen LogP contribution in [0.1, 0.15) is 37.3 Å². The molecule has 2 fully saturated rings. The maximum atomic E-state index is 15.5. The summed E-state index contributed by atoms with van der Waals surface area (Å²) in [6.07, 6.45) is 3.42. The van der Waals surface area contributed by atoms with E-state index in [9.17, 15) is 13.2 Å². The second kappa shape index (κ2) is 13.2. The predicted molar refractivity (Wildman–Crippen MR) is 167 cm³/mol. The zero-order chi connectivity index (χ0) is 30.6. The minimum atomic E-state index is -3.51. The molecule has 1 aliphatic heterocycles. The van der Waals surface area contributed by atoms with Crippen molar-refractivity contribution < 1.29 is 22.3 Å². The van der Waals surface area contributed by atoms with E-state index in [1.165, 1.54) is 19.4 Å². The number of carbonyl (C=O) groups excluding carboxylic acids is 1. The van der Waals surface area contributed by atoms with Gasteiger partial charge in [-0.2, -0.15) is 0 Å². The van der Waals surface area contributed by atoms with Gasteiger partial charge >= 0.3 is 0 Å². The summed E-state index contributed by atoms with van der Waals surface area (Å²) in [7, 11) is -2.00. The minimum Gasteiger partial charge on any atom is -0.481 e. The van der Waals surface area contributed by atoms with Gasteiger partial charge in [-0.1, -0.05) is 29.8 Å². The lowest BCUT2D eigenvalue weighted by atomic mass is 9.99. The van der Waals surface area contributed by atoms with E-state index in [1.54, 1.807) is 36.4 Å². The molecule has 2 aliphatic rings. The fraction of sp³-hybridized carbons (Fsp3) is 0.419. The first-order chi connectivity index (χ1) is 20.6. The SMILES string of the molecule is COc1ccc(NC(=O)[C@H](Cc2ccc(Cl)cc2)Nc2cccc(F)c2CC[C@]2(S(=O)(=O)C3CC3)CNC[C@H](C)N2)cn1. The van der Waals surface area contributed by atoms with Gasteiger partial charge in [0.2, 0.25) is 11.8 Å². The molecule has 9 nitrogen and oxygen atoms in total. The molecule has 2 heterocycles. The number of aromatic nitrogens is 1. The van der Waals surface area contributed by atoms with Gasteiger partial charge < -0.3 is 20.7 Å². The van der Waals surface area contributed by atoms with Gasteiger partial charge in [-0.15, -0.1) is 0 Å². The number of pyridine rings is 1. The molecule has 0 radical (unpaired) electrons. The Kier molecular flexibility index (Phi) is 9.55. The van der Waals surface area contributed by atoms with Gasteiger partial charge in [-0.25, -0.2) is 17.8 Å². The normalized spacial score (nSPS) is 21.2. The third kappa shape index (κ3) is 7.29. The topological polar surface area (TPSA) is 121 Å². The summed E-state index contributed by atoms with van der Waals surface area (Å²) >= 11 is 6.08. The molecule has 2 aromatic carbocycles. The first-order valence-electron chi connectivity index (χ1n) is 14.4. The number of sulfone groups is 1. The van der Waals surface area contributed by atoms with Crippen molar-refractivity contribution >= 4 is 38.7 Å². The van der Waals surface area contributed by atoms with Crippen LogP contribution in [-0.2, 0) is 27.5 Å². The van der Waals surface area contributed by atoms with Crippen LogP contribution in [0.2, 0.25) is 5.02 Å². The number of nitrogens with zero attached hydrogens (tertiary/aromatic N) is 1. The number of piperazine rings is 1. The molecule has 4 N–H and O–H groups in total. The summed E-state index contributed by atoms with van der Waals surface area (Å²) < 4.78 is 47.8. The summed E-state index contributed by atoms with van der Waals surface area (Å²) in [6.45, 7) is 2.85. The zero-order valence-corrected chi connectivity index (χ0v) is 25.8. The van der Waals surface area contributed by atoms with E-state index < -0.39 is 26.6 Å². The highest BCUT2D eigenvalue weighted by molar-refractivity contribution is 7.93. The zero-order valence-electron chi connectivity index (χ0n) is 24.2. The third-order valence-corrected chi connectivity index (χ3v) is 11.1. The molecule has 1 saturated carbocycles. The van der Waals surface area contributed by atoms with Gasteiger partial charge in [-0.3, -0.25) is 10.1 Å². The van der Waals surface area contributed by atoms with E-state index in [0.29, 0.717) is 47.2 Å². The molecule has 1 saturated heterocycles. The molecular formula is C31H37ClFN5O4S. The van der Waals surface area contributed by atoms with Crippen molar-refractivity contribution in [1.29, 1.82) is 0 Å². The largest absolute Gasteiger partial charge is 0.481 e. The highest BCUT2D eigenvalue weighted by Gasteiger charge is 2.53. The molecule has 1 amide bonds. The van der Waals surface area contributed by atoms with Crippen LogP contribution in [0, 0.1) is 5.82 Å². The molecule has 0 bridgehead atoms. The first-order valence-corrected chi connectivity index (χ1v) is 16.3. The number of carbonyl (C=O) groups is 1. The maximum Gasteiger partial charge on any atom is 0.247 e. The van der Waals surface area contributed by atoms with E-state index in [-0.39, 0.29) is 43.0 Å². The van der Waals surface area contributed by atoms with Crippen LogP contribution in [0.4, 0.5) is 15.8 Å². The summed E-state index contributed by atoms with van der Waals surface area (Å²) in [4.78, 5) is 16.5. The number of benzene rings is 2. The van der Waals surface area contributed by atoms with Gasteiger partial charge in [0.1, 0.15) is 16.7 Å². The van der Waals surface area contributed by atoms with Crippen LogP contribution in [0.5, 0.6) is 5.88 Å². The fourth-order valence-electron chi connectivity index (χ4n) is 5.56. The average Bonchev–Trinajstić information content (AvgIpc) is 3.84. The number of hydrogen-bond acceptors (Lipinski definition) is 8. The monoisotopic (exact) mass is 629 g/mol. The van der Waals surface area contributed by atoms with Gasteiger partial charge in [0, 0.05) is 47.9 Å². The quantitative estimate of drug-likeness (QED) is 0.234. The fourth-order valence-corrected chi connectivity index (χ4v) is 8.13. The number of hydrogen-bond donors (Lipinski definition) is 4. The number of rotatable bonds is 12. The van der Waals surface area contributed by atoms with Crippen molar-refractivity contribution in [2.75, 3.05) is 30.8 Å². The van der Waals surface area contributed by atoms with Crippen molar-refractivity contribution in [2.45, 2.75) is 61.2 Å². The summed E-state index contributed by atoms with van der Waals surface area (Å²) in [5.74, 6) is -0.403. The highest BCUT2D eigenvalue weighted by atomic mass is 35.5. The van der Waals surface area contributed by atoms with Crippen molar-refractivity contribution in [3.63, 3.8) is 0 Å². The number of anilines is 2. The van der Waals surface area contributed by atoms with E-state index >= 15 is 4.39 Å². The minimum absolute atomic E-state index is 0.0552. The highest BCUT2D eigenvalue weighted by Crippen LogP contribution is 2.39. The Morgan fingerprint density at radius 3 is 2.60 bits per heavy atom. The lowest BCUT2D eigenvalue weighted by molar-refractivity contribution is -0.116. The van der Waals surface area contributed by atoms with Crippen molar-refractivity contribution in [1.82, 2.24) is 15.6 Å². The molecule has 1 aromatic heterocycles. The van der Waals surface area contributed by atoms with Gasteiger partial charge in [0.25, 0.3) is 0 Å². The molecule has 0 spiro atoms. The van der Waals surface area contributed by atoms with E-state index in [2.05, 4.69) is 26.3 Å². The van der Waals surface area contributed by atoms with Gasteiger partial charge in [0.05, 0.1) is 24.2 Å². The Balaban J connectivity index is 1.41. The predicted octanol–water partition coefficient (Wildman–Crippen LogP) is 4.33. The van der Waals surface area contributed by atoms with E-state index in [1.807, 2.05) is 19.1 Å².